The number of sulfonamides is 1. The summed E-state index contributed by atoms with van der Waals surface area (Å²) in [6.07, 6.45) is 1.61. The normalized spacial score (nSPS) is 14.6. The van der Waals surface area contributed by atoms with Crippen LogP contribution in [0.3, 0.4) is 0 Å². The van der Waals surface area contributed by atoms with Crippen LogP contribution in [0.1, 0.15) is 24.0 Å². The first kappa shape index (κ1) is 23.1. The van der Waals surface area contributed by atoms with Gasteiger partial charge in [-0.15, -0.1) is 0 Å². The highest BCUT2D eigenvalue weighted by Crippen LogP contribution is 2.25. The Morgan fingerprint density at radius 1 is 1.03 bits per heavy atom. The molecular weight excluding hydrogens is 417 g/mol. The van der Waals surface area contributed by atoms with Crippen LogP contribution in [0.2, 0.25) is 0 Å². The molecule has 168 valence electrons. The third-order valence-corrected chi connectivity index (χ3v) is 7.00. The molecule has 0 radical (unpaired) electrons. The third-order valence-electron chi connectivity index (χ3n) is 5.82. The van der Waals surface area contributed by atoms with Crippen molar-refractivity contribution in [2.45, 2.75) is 26.7 Å². The van der Waals surface area contributed by atoms with Crippen LogP contribution in [-0.4, -0.2) is 58.2 Å². The van der Waals surface area contributed by atoms with Crippen LogP contribution in [0.4, 0.5) is 15.8 Å². The van der Waals surface area contributed by atoms with Gasteiger partial charge in [-0.3, -0.25) is 9.10 Å². The molecule has 0 aromatic heterocycles. The molecule has 1 aliphatic rings. The zero-order valence-electron chi connectivity index (χ0n) is 18.3. The van der Waals surface area contributed by atoms with Gasteiger partial charge in [0.15, 0.2) is 0 Å². The van der Waals surface area contributed by atoms with Gasteiger partial charge in [-0.25, -0.2) is 12.8 Å². The zero-order chi connectivity index (χ0) is 22.6. The number of benzene rings is 2. The molecule has 1 heterocycles. The summed E-state index contributed by atoms with van der Waals surface area (Å²) in [5.74, 6) is -0.593. The number of anilines is 2. The van der Waals surface area contributed by atoms with Gasteiger partial charge in [0.1, 0.15) is 5.82 Å². The van der Waals surface area contributed by atoms with E-state index in [2.05, 4.69) is 36.9 Å². The minimum atomic E-state index is -3.65. The number of aryl methyl sites for hydroxylation is 1. The van der Waals surface area contributed by atoms with Crippen LogP contribution in [0.5, 0.6) is 0 Å². The fraction of sp³-hybridized carbons (Fsp3) is 0.435. The molecule has 1 amide bonds. The van der Waals surface area contributed by atoms with E-state index in [-0.39, 0.29) is 24.6 Å². The second kappa shape index (κ2) is 9.68. The summed E-state index contributed by atoms with van der Waals surface area (Å²) in [5.41, 5.74) is 3.73. The van der Waals surface area contributed by atoms with E-state index in [4.69, 9.17) is 0 Å². The van der Waals surface area contributed by atoms with Crippen LogP contribution < -0.4 is 9.21 Å². The Kier molecular flexibility index (Phi) is 7.20. The molecule has 0 unspecified atom stereocenters. The first-order chi connectivity index (χ1) is 14.7. The highest BCUT2D eigenvalue weighted by molar-refractivity contribution is 7.92. The Labute approximate surface area is 184 Å². The molecule has 2 aromatic carbocycles. The SMILES string of the molecule is Cc1cccc(N2CCN(C(=O)CCCN(c3ccccc3F)S(C)(=O)=O)CC2)c1C. The molecule has 1 fully saturated rings. The molecule has 3 rings (SSSR count). The second-order valence-electron chi connectivity index (χ2n) is 7.98. The van der Waals surface area contributed by atoms with E-state index >= 15 is 0 Å². The smallest absolute Gasteiger partial charge is 0.232 e. The lowest BCUT2D eigenvalue weighted by atomic mass is 10.1. The Hall–Kier alpha value is -2.61. The van der Waals surface area contributed by atoms with Gasteiger partial charge in [0, 0.05) is 44.8 Å². The fourth-order valence-electron chi connectivity index (χ4n) is 3.93. The minimum absolute atomic E-state index is 0.00241. The van der Waals surface area contributed by atoms with Gasteiger partial charge in [0.05, 0.1) is 11.9 Å². The summed E-state index contributed by atoms with van der Waals surface area (Å²) in [4.78, 5) is 16.8. The fourth-order valence-corrected chi connectivity index (χ4v) is 4.89. The van der Waals surface area contributed by atoms with Gasteiger partial charge >= 0.3 is 0 Å². The monoisotopic (exact) mass is 447 g/mol. The largest absolute Gasteiger partial charge is 0.368 e. The first-order valence-electron chi connectivity index (χ1n) is 10.5. The highest BCUT2D eigenvalue weighted by Gasteiger charge is 2.24. The van der Waals surface area contributed by atoms with Gasteiger partial charge in [-0.2, -0.15) is 0 Å². The predicted octanol–water partition coefficient (Wildman–Crippen LogP) is 3.34. The van der Waals surface area contributed by atoms with Crippen LogP contribution in [-0.2, 0) is 14.8 Å². The molecule has 0 aliphatic carbocycles. The molecule has 0 spiro atoms. The summed E-state index contributed by atoms with van der Waals surface area (Å²) < 4.78 is 39.4. The maximum absolute atomic E-state index is 14.1. The van der Waals surface area contributed by atoms with Crippen molar-refractivity contribution >= 4 is 27.3 Å². The molecule has 0 N–H and O–H groups in total. The number of piperazine rings is 1. The summed E-state index contributed by atoms with van der Waals surface area (Å²) in [7, 11) is -3.65. The Balaban J connectivity index is 1.54. The molecule has 31 heavy (non-hydrogen) atoms. The van der Waals surface area contributed by atoms with E-state index in [1.807, 2.05) is 4.90 Å². The summed E-state index contributed by atoms with van der Waals surface area (Å²) in [6, 6.07) is 12.0. The quantitative estimate of drug-likeness (QED) is 0.653. The number of hydrogen-bond acceptors (Lipinski definition) is 4. The summed E-state index contributed by atoms with van der Waals surface area (Å²) in [6.45, 7) is 7.07. The molecule has 2 aromatic rings. The molecule has 1 saturated heterocycles. The Morgan fingerprint density at radius 3 is 2.35 bits per heavy atom. The van der Waals surface area contributed by atoms with Crippen molar-refractivity contribution in [3.63, 3.8) is 0 Å². The maximum atomic E-state index is 14.1. The maximum Gasteiger partial charge on any atom is 0.232 e. The Bertz CT molecular complexity index is 1030. The van der Waals surface area contributed by atoms with Crippen molar-refractivity contribution in [2.24, 2.45) is 0 Å². The standard InChI is InChI=1S/C23H30FN3O3S/c1-18-8-6-11-21(19(18)2)25-14-16-26(17-15-25)23(28)12-7-13-27(31(3,29)30)22-10-5-4-9-20(22)24/h4-6,8-11H,7,12-17H2,1-3H3. The highest BCUT2D eigenvalue weighted by atomic mass is 32.2. The number of carbonyl (C=O) groups excluding carboxylic acids is 1. The number of nitrogens with zero attached hydrogens (tertiary/aromatic N) is 3. The van der Waals surface area contributed by atoms with Crippen molar-refractivity contribution in [1.29, 1.82) is 0 Å². The molecule has 1 aliphatic heterocycles. The molecule has 8 heteroatoms. The minimum Gasteiger partial charge on any atom is -0.368 e. The van der Waals surface area contributed by atoms with Crippen molar-refractivity contribution in [2.75, 3.05) is 48.2 Å². The number of amides is 1. The number of para-hydroxylation sites is 1. The van der Waals surface area contributed by atoms with Gasteiger partial charge in [0.2, 0.25) is 15.9 Å². The summed E-state index contributed by atoms with van der Waals surface area (Å²) >= 11 is 0. The van der Waals surface area contributed by atoms with Gasteiger partial charge < -0.3 is 9.80 Å². The van der Waals surface area contributed by atoms with E-state index in [0.29, 0.717) is 19.5 Å². The number of rotatable bonds is 7. The van der Waals surface area contributed by atoms with E-state index in [0.717, 1.165) is 23.7 Å². The van der Waals surface area contributed by atoms with E-state index in [1.165, 1.54) is 35.0 Å². The van der Waals surface area contributed by atoms with Gasteiger partial charge in [-0.05, 0) is 49.6 Å². The second-order valence-corrected chi connectivity index (χ2v) is 9.88. The van der Waals surface area contributed by atoms with Crippen LogP contribution in [0.25, 0.3) is 0 Å². The topological polar surface area (TPSA) is 60.9 Å². The Morgan fingerprint density at radius 2 is 1.71 bits per heavy atom. The van der Waals surface area contributed by atoms with E-state index in [1.54, 1.807) is 6.07 Å². The van der Waals surface area contributed by atoms with Crippen LogP contribution >= 0.6 is 0 Å². The first-order valence-corrected chi connectivity index (χ1v) is 12.3. The molecule has 0 atom stereocenters. The van der Waals surface area contributed by atoms with Crippen LogP contribution in [0, 0.1) is 19.7 Å². The van der Waals surface area contributed by atoms with Crippen molar-refractivity contribution in [3.05, 3.63) is 59.4 Å². The van der Waals surface area contributed by atoms with Crippen molar-refractivity contribution in [3.8, 4) is 0 Å². The van der Waals surface area contributed by atoms with E-state index < -0.39 is 15.8 Å². The van der Waals surface area contributed by atoms with E-state index in [9.17, 15) is 17.6 Å². The average Bonchev–Trinajstić information content (AvgIpc) is 2.73. The number of hydrogen-bond donors (Lipinski definition) is 0. The molecule has 0 bridgehead atoms. The number of carbonyl (C=O) groups is 1. The number of halogens is 1. The predicted molar refractivity (Wildman–Crippen MR) is 123 cm³/mol. The van der Waals surface area contributed by atoms with Gasteiger partial charge in [-0.1, -0.05) is 24.3 Å². The summed E-state index contributed by atoms with van der Waals surface area (Å²) in [5, 5.41) is 0. The zero-order valence-corrected chi connectivity index (χ0v) is 19.2. The average molecular weight is 448 g/mol. The lowest BCUT2D eigenvalue weighted by molar-refractivity contribution is -0.131. The van der Waals surface area contributed by atoms with Crippen molar-refractivity contribution < 1.29 is 17.6 Å². The lowest BCUT2D eigenvalue weighted by Gasteiger charge is -2.37. The van der Waals surface area contributed by atoms with Crippen LogP contribution in [0.15, 0.2) is 42.5 Å². The van der Waals surface area contributed by atoms with Crippen molar-refractivity contribution in [1.82, 2.24) is 4.90 Å². The molecule has 6 nitrogen and oxygen atoms in total. The lowest BCUT2D eigenvalue weighted by Crippen LogP contribution is -2.49. The molecular formula is C23H30FN3O3S. The third kappa shape index (κ3) is 5.55. The van der Waals surface area contributed by atoms with Gasteiger partial charge in [0.25, 0.3) is 0 Å². The molecule has 0 saturated carbocycles.